The third-order valence-corrected chi connectivity index (χ3v) is 7.82. The number of rotatable bonds is 10. The zero-order valence-corrected chi connectivity index (χ0v) is 19.2. The summed E-state index contributed by atoms with van der Waals surface area (Å²) in [5, 5.41) is 2.97. The number of carbonyl (C=O) groups is 1. The van der Waals surface area contributed by atoms with Gasteiger partial charge in [0, 0.05) is 18.8 Å². The van der Waals surface area contributed by atoms with Gasteiger partial charge in [-0.05, 0) is 61.8 Å². The Morgan fingerprint density at radius 3 is 2.39 bits per heavy atom. The maximum absolute atomic E-state index is 12.8. The molecule has 3 rings (SSSR count). The van der Waals surface area contributed by atoms with Crippen LogP contribution in [0.5, 0.6) is 0 Å². The molecule has 0 aliphatic carbocycles. The summed E-state index contributed by atoms with van der Waals surface area (Å²) in [7, 11) is -3.35. The number of hydrogen-bond donors (Lipinski definition) is 1. The molecule has 1 aliphatic rings. The van der Waals surface area contributed by atoms with E-state index < -0.39 is 10.0 Å². The molecule has 5 nitrogen and oxygen atoms in total. The molecule has 1 saturated heterocycles. The van der Waals surface area contributed by atoms with Gasteiger partial charge in [-0.2, -0.15) is 0 Å². The Kier molecular flexibility index (Phi) is 8.67. The molecular weight excluding hydrogens is 408 g/mol. The zero-order valence-electron chi connectivity index (χ0n) is 18.4. The van der Waals surface area contributed by atoms with Crippen LogP contribution in [-0.2, 0) is 27.7 Å². The summed E-state index contributed by atoms with van der Waals surface area (Å²) in [6.45, 7) is 2.95. The number of sulfonamides is 1. The summed E-state index contributed by atoms with van der Waals surface area (Å²) in [6.07, 6.45) is 6.12. The van der Waals surface area contributed by atoms with E-state index in [2.05, 4.69) is 24.4 Å². The Bertz CT molecular complexity index is 927. The predicted molar refractivity (Wildman–Crippen MR) is 127 cm³/mol. The second kappa shape index (κ2) is 11.4. The van der Waals surface area contributed by atoms with E-state index in [0.29, 0.717) is 19.4 Å². The number of nitrogens with zero attached hydrogens (tertiary/aromatic N) is 1. The molecule has 1 fully saturated rings. The maximum Gasteiger partial charge on any atom is 0.228 e. The van der Waals surface area contributed by atoms with Crippen LogP contribution in [0.1, 0.15) is 50.2 Å². The van der Waals surface area contributed by atoms with Crippen LogP contribution >= 0.6 is 0 Å². The van der Waals surface area contributed by atoms with Gasteiger partial charge >= 0.3 is 0 Å². The third-order valence-electron chi connectivity index (χ3n) is 5.90. The Hall–Kier alpha value is -2.18. The molecule has 1 N–H and O–H groups in total. The number of benzene rings is 2. The van der Waals surface area contributed by atoms with Crippen LogP contribution in [0, 0.1) is 5.92 Å². The summed E-state index contributed by atoms with van der Waals surface area (Å²) in [4.78, 5) is 12.8. The predicted octanol–water partition coefficient (Wildman–Crippen LogP) is 4.64. The van der Waals surface area contributed by atoms with Crippen LogP contribution in [-0.4, -0.2) is 37.5 Å². The van der Waals surface area contributed by atoms with Crippen LogP contribution in [0.2, 0.25) is 0 Å². The average molecular weight is 443 g/mol. The Balaban J connectivity index is 1.50. The number of unbranched alkanes of at least 4 members (excludes halogenated alkanes) is 1. The molecule has 31 heavy (non-hydrogen) atoms. The molecule has 0 radical (unpaired) electrons. The first kappa shape index (κ1) is 23.5. The number of nitrogens with one attached hydrogen (secondary N) is 1. The van der Waals surface area contributed by atoms with Gasteiger partial charge in [-0.1, -0.05) is 55.8 Å². The largest absolute Gasteiger partial charge is 0.326 e. The molecule has 1 heterocycles. The highest BCUT2D eigenvalue weighted by atomic mass is 32.2. The van der Waals surface area contributed by atoms with Crippen molar-refractivity contribution >= 4 is 21.6 Å². The van der Waals surface area contributed by atoms with Crippen molar-refractivity contribution in [3.05, 3.63) is 65.7 Å². The second-order valence-electron chi connectivity index (χ2n) is 8.39. The van der Waals surface area contributed by atoms with Gasteiger partial charge in [-0.25, -0.2) is 12.7 Å². The molecule has 0 unspecified atom stereocenters. The van der Waals surface area contributed by atoms with Crippen LogP contribution in [0.15, 0.2) is 54.6 Å². The quantitative estimate of drug-likeness (QED) is 0.583. The maximum atomic E-state index is 12.8. The van der Waals surface area contributed by atoms with Gasteiger partial charge in [0.1, 0.15) is 0 Å². The fourth-order valence-corrected chi connectivity index (χ4v) is 5.60. The number of anilines is 1. The fourth-order valence-electron chi connectivity index (χ4n) is 4.02. The zero-order chi connectivity index (χ0) is 22.1. The van der Waals surface area contributed by atoms with Crippen molar-refractivity contribution in [3.63, 3.8) is 0 Å². The highest BCUT2D eigenvalue weighted by molar-refractivity contribution is 7.89. The number of carbonyl (C=O) groups excluding carboxylic acids is 1. The molecule has 0 saturated carbocycles. The SMILES string of the molecule is CCCCc1ccc(NC(=O)[C@H]2CCCN(S(=O)(=O)CCCc3ccccc3)C2)cc1. The minimum Gasteiger partial charge on any atom is -0.326 e. The lowest BCUT2D eigenvalue weighted by Crippen LogP contribution is -2.44. The lowest BCUT2D eigenvalue weighted by atomic mass is 9.98. The van der Waals surface area contributed by atoms with Crippen LogP contribution in [0.4, 0.5) is 5.69 Å². The molecule has 2 aromatic carbocycles. The highest BCUT2D eigenvalue weighted by Gasteiger charge is 2.32. The van der Waals surface area contributed by atoms with Gasteiger partial charge < -0.3 is 5.32 Å². The molecule has 1 aliphatic heterocycles. The van der Waals surface area contributed by atoms with Gasteiger partial charge in [0.2, 0.25) is 15.9 Å². The van der Waals surface area contributed by atoms with Gasteiger partial charge in [-0.15, -0.1) is 0 Å². The molecule has 0 aromatic heterocycles. The molecule has 1 atom stereocenters. The first-order chi connectivity index (χ1) is 15.0. The molecule has 0 spiro atoms. The van der Waals surface area contributed by atoms with Crippen LogP contribution in [0.25, 0.3) is 0 Å². The highest BCUT2D eigenvalue weighted by Crippen LogP contribution is 2.22. The van der Waals surface area contributed by atoms with Crippen molar-refractivity contribution < 1.29 is 13.2 Å². The number of hydrogen-bond acceptors (Lipinski definition) is 3. The second-order valence-corrected chi connectivity index (χ2v) is 10.5. The summed E-state index contributed by atoms with van der Waals surface area (Å²) < 4.78 is 27.2. The van der Waals surface area contributed by atoms with Gasteiger partial charge in [-0.3, -0.25) is 4.79 Å². The number of aryl methyl sites for hydroxylation is 2. The van der Waals surface area contributed by atoms with Crippen molar-refractivity contribution in [1.82, 2.24) is 4.31 Å². The monoisotopic (exact) mass is 442 g/mol. The van der Waals surface area contributed by atoms with E-state index in [1.165, 1.54) is 9.87 Å². The first-order valence-electron chi connectivity index (χ1n) is 11.4. The topological polar surface area (TPSA) is 66.5 Å². The van der Waals surface area contributed by atoms with Gasteiger partial charge in [0.05, 0.1) is 11.7 Å². The number of piperidine rings is 1. The van der Waals surface area contributed by atoms with E-state index in [1.807, 2.05) is 42.5 Å². The molecule has 6 heteroatoms. The van der Waals surface area contributed by atoms with Crippen molar-refractivity contribution in [2.45, 2.75) is 51.9 Å². The first-order valence-corrected chi connectivity index (χ1v) is 13.0. The summed E-state index contributed by atoms with van der Waals surface area (Å²) in [5.41, 5.74) is 3.19. The lowest BCUT2D eigenvalue weighted by Gasteiger charge is -2.31. The van der Waals surface area contributed by atoms with Crippen molar-refractivity contribution in [3.8, 4) is 0 Å². The minimum atomic E-state index is -3.35. The van der Waals surface area contributed by atoms with Crippen LogP contribution in [0.3, 0.4) is 0 Å². The van der Waals surface area contributed by atoms with E-state index in [1.54, 1.807) is 0 Å². The summed E-state index contributed by atoms with van der Waals surface area (Å²) in [6, 6.07) is 17.9. The van der Waals surface area contributed by atoms with Gasteiger partial charge in [0.25, 0.3) is 0 Å². The van der Waals surface area contributed by atoms with E-state index in [4.69, 9.17) is 0 Å². The minimum absolute atomic E-state index is 0.0921. The molecule has 1 amide bonds. The van der Waals surface area contributed by atoms with E-state index >= 15 is 0 Å². The third kappa shape index (κ3) is 7.18. The Labute approximate surface area is 186 Å². The number of amides is 1. The molecule has 2 aromatic rings. The molecule has 0 bridgehead atoms. The van der Waals surface area contributed by atoms with Crippen LogP contribution < -0.4 is 5.32 Å². The summed E-state index contributed by atoms with van der Waals surface area (Å²) in [5.74, 6) is -0.280. The lowest BCUT2D eigenvalue weighted by molar-refractivity contribution is -0.120. The molecular formula is C25H34N2O3S. The average Bonchev–Trinajstić information content (AvgIpc) is 2.79. The van der Waals surface area contributed by atoms with Crippen molar-refractivity contribution in [1.29, 1.82) is 0 Å². The normalized spacial score (nSPS) is 17.4. The standard InChI is InChI=1S/C25H34N2O3S/c1-2-3-9-22-14-16-24(17-15-22)26-25(28)23-13-7-18-27(20-23)31(29,30)19-8-12-21-10-5-4-6-11-21/h4-6,10-11,14-17,23H,2-3,7-9,12-13,18-20H2,1H3,(H,26,28)/t23-/m0/s1. The van der Waals surface area contributed by atoms with E-state index in [9.17, 15) is 13.2 Å². The Morgan fingerprint density at radius 1 is 1.00 bits per heavy atom. The van der Waals surface area contributed by atoms with E-state index in [0.717, 1.165) is 43.4 Å². The van der Waals surface area contributed by atoms with Crippen molar-refractivity contribution in [2.75, 3.05) is 24.2 Å². The summed E-state index contributed by atoms with van der Waals surface area (Å²) >= 11 is 0. The van der Waals surface area contributed by atoms with Gasteiger partial charge in [0.15, 0.2) is 0 Å². The smallest absolute Gasteiger partial charge is 0.228 e. The van der Waals surface area contributed by atoms with E-state index in [-0.39, 0.29) is 24.1 Å². The van der Waals surface area contributed by atoms with Crippen molar-refractivity contribution in [2.24, 2.45) is 5.92 Å². The Morgan fingerprint density at radius 2 is 1.68 bits per heavy atom. The fraction of sp³-hybridized carbons (Fsp3) is 0.480. The molecule has 168 valence electrons.